The van der Waals surface area contributed by atoms with Gasteiger partial charge in [-0.05, 0) is 18.1 Å². The molecule has 4 heteroatoms. The summed E-state index contributed by atoms with van der Waals surface area (Å²) in [5, 5.41) is 3.13. The van der Waals surface area contributed by atoms with Gasteiger partial charge in [0, 0.05) is 36.1 Å². The third kappa shape index (κ3) is 2.09. The summed E-state index contributed by atoms with van der Waals surface area (Å²) in [6, 6.07) is 1.83. The van der Waals surface area contributed by atoms with Crippen LogP contribution in [0.15, 0.2) is 30.0 Å². The first-order chi connectivity index (χ1) is 6.86. The second kappa shape index (κ2) is 4.19. The summed E-state index contributed by atoms with van der Waals surface area (Å²) in [6.45, 7) is 0. The average Bonchev–Trinajstić information content (AvgIpc) is 2.69. The average molecular weight is 205 g/mol. The van der Waals surface area contributed by atoms with Crippen LogP contribution in [0.5, 0.6) is 0 Å². The van der Waals surface area contributed by atoms with Crippen LogP contribution >= 0.6 is 11.3 Å². The Kier molecular flexibility index (Phi) is 2.74. The van der Waals surface area contributed by atoms with Crippen molar-refractivity contribution in [2.24, 2.45) is 0 Å². The summed E-state index contributed by atoms with van der Waals surface area (Å²) in [6.07, 6.45) is 7.21. The van der Waals surface area contributed by atoms with Gasteiger partial charge in [-0.25, -0.2) is 4.98 Å². The fraction of sp³-hybridized carbons (Fsp3) is 0.200. The van der Waals surface area contributed by atoms with Gasteiger partial charge >= 0.3 is 0 Å². The number of hydrogen-bond donors (Lipinski definition) is 1. The van der Waals surface area contributed by atoms with Gasteiger partial charge in [0.1, 0.15) is 0 Å². The molecule has 2 aromatic heterocycles. The molecule has 0 atom stereocenters. The van der Waals surface area contributed by atoms with Gasteiger partial charge < -0.3 is 5.73 Å². The van der Waals surface area contributed by atoms with Crippen molar-refractivity contribution in [2.75, 3.05) is 5.73 Å². The summed E-state index contributed by atoms with van der Waals surface area (Å²) in [5.74, 6) is 0. The van der Waals surface area contributed by atoms with Crippen LogP contribution < -0.4 is 5.73 Å². The van der Waals surface area contributed by atoms with Crippen molar-refractivity contribution in [3.05, 3.63) is 40.6 Å². The number of aromatic nitrogens is 2. The third-order valence-electron chi connectivity index (χ3n) is 2.03. The highest BCUT2D eigenvalue weighted by molar-refractivity contribution is 7.09. The Bertz CT molecular complexity index is 398. The molecule has 0 aliphatic heterocycles. The summed E-state index contributed by atoms with van der Waals surface area (Å²) in [7, 11) is 0. The van der Waals surface area contributed by atoms with E-state index in [1.807, 2.05) is 23.8 Å². The second-order valence-electron chi connectivity index (χ2n) is 3.00. The minimum atomic E-state index is 0.816. The minimum Gasteiger partial charge on any atom is -0.398 e. The van der Waals surface area contributed by atoms with Crippen molar-refractivity contribution in [1.82, 2.24) is 9.97 Å². The van der Waals surface area contributed by atoms with Crippen LogP contribution in [-0.2, 0) is 12.8 Å². The Balaban J connectivity index is 2.02. The van der Waals surface area contributed by atoms with Gasteiger partial charge in [0.2, 0.25) is 0 Å². The number of aryl methyl sites for hydroxylation is 2. The van der Waals surface area contributed by atoms with Crippen LogP contribution in [0.3, 0.4) is 0 Å². The fourth-order valence-electron chi connectivity index (χ4n) is 1.26. The zero-order valence-corrected chi connectivity index (χ0v) is 8.50. The van der Waals surface area contributed by atoms with E-state index in [0.29, 0.717) is 0 Å². The molecule has 2 rings (SSSR count). The lowest BCUT2D eigenvalue weighted by Crippen LogP contribution is -1.97. The van der Waals surface area contributed by atoms with Gasteiger partial charge in [-0.1, -0.05) is 0 Å². The van der Waals surface area contributed by atoms with Crippen LogP contribution in [0.25, 0.3) is 0 Å². The maximum Gasteiger partial charge on any atom is 0.0928 e. The van der Waals surface area contributed by atoms with Crippen LogP contribution in [0.4, 0.5) is 5.69 Å². The molecule has 0 aliphatic carbocycles. The van der Waals surface area contributed by atoms with Crippen LogP contribution in [0.2, 0.25) is 0 Å². The van der Waals surface area contributed by atoms with E-state index in [-0.39, 0.29) is 0 Å². The SMILES string of the molecule is Nc1ccncc1CCc1nccs1. The number of thiazole rings is 1. The Labute approximate surface area is 86.6 Å². The first-order valence-corrected chi connectivity index (χ1v) is 5.31. The minimum absolute atomic E-state index is 0.816. The zero-order valence-electron chi connectivity index (χ0n) is 7.68. The standard InChI is InChI=1S/C10H11N3S/c11-9-3-4-12-7-8(9)1-2-10-13-5-6-14-10/h3-7H,1-2H2,(H2,11,12). The molecule has 0 aliphatic rings. The van der Waals surface area contributed by atoms with E-state index >= 15 is 0 Å². The molecule has 2 heterocycles. The van der Waals surface area contributed by atoms with Crippen molar-refractivity contribution in [3.8, 4) is 0 Å². The van der Waals surface area contributed by atoms with Crippen LogP contribution in [0.1, 0.15) is 10.6 Å². The predicted molar refractivity (Wildman–Crippen MR) is 58.2 cm³/mol. The van der Waals surface area contributed by atoms with E-state index in [1.165, 1.54) is 0 Å². The molecule has 0 spiro atoms. The van der Waals surface area contributed by atoms with Crippen molar-refractivity contribution >= 4 is 17.0 Å². The number of nitrogens with two attached hydrogens (primary N) is 1. The number of nitrogens with zero attached hydrogens (tertiary/aromatic N) is 2. The van der Waals surface area contributed by atoms with Crippen LogP contribution in [-0.4, -0.2) is 9.97 Å². The molecule has 0 aromatic carbocycles. The smallest absolute Gasteiger partial charge is 0.0928 e. The largest absolute Gasteiger partial charge is 0.398 e. The lowest BCUT2D eigenvalue weighted by atomic mass is 10.1. The van der Waals surface area contributed by atoms with E-state index in [9.17, 15) is 0 Å². The normalized spacial score (nSPS) is 10.3. The number of pyridine rings is 1. The van der Waals surface area contributed by atoms with Gasteiger partial charge in [-0.3, -0.25) is 4.98 Å². The van der Waals surface area contributed by atoms with Crippen LogP contribution in [0, 0.1) is 0 Å². The molecule has 14 heavy (non-hydrogen) atoms. The van der Waals surface area contributed by atoms with Crippen molar-refractivity contribution in [3.63, 3.8) is 0 Å². The Morgan fingerprint density at radius 2 is 2.21 bits per heavy atom. The first kappa shape index (κ1) is 9.15. The summed E-state index contributed by atoms with van der Waals surface area (Å²) < 4.78 is 0. The zero-order chi connectivity index (χ0) is 9.80. The van der Waals surface area contributed by atoms with Gasteiger partial charge in [-0.2, -0.15) is 0 Å². The van der Waals surface area contributed by atoms with Gasteiger partial charge in [-0.15, -0.1) is 11.3 Å². The monoisotopic (exact) mass is 205 g/mol. The lowest BCUT2D eigenvalue weighted by Gasteiger charge is -2.02. The maximum absolute atomic E-state index is 5.80. The van der Waals surface area contributed by atoms with E-state index in [2.05, 4.69) is 9.97 Å². The number of nitrogen functional groups attached to an aromatic ring is 1. The summed E-state index contributed by atoms with van der Waals surface area (Å²) in [4.78, 5) is 8.27. The molecule has 2 N–H and O–H groups in total. The first-order valence-electron chi connectivity index (χ1n) is 4.43. The van der Waals surface area contributed by atoms with E-state index in [4.69, 9.17) is 5.73 Å². The highest BCUT2D eigenvalue weighted by atomic mass is 32.1. The van der Waals surface area contributed by atoms with E-state index < -0.39 is 0 Å². The Hall–Kier alpha value is -1.42. The topological polar surface area (TPSA) is 51.8 Å². The highest BCUT2D eigenvalue weighted by Gasteiger charge is 2.00. The number of rotatable bonds is 3. The number of hydrogen-bond acceptors (Lipinski definition) is 4. The molecule has 3 nitrogen and oxygen atoms in total. The molecule has 0 bridgehead atoms. The molecule has 0 saturated carbocycles. The maximum atomic E-state index is 5.80. The third-order valence-corrected chi connectivity index (χ3v) is 2.87. The predicted octanol–water partition coefficient (Wildman–Crippen LogP) is 1.91. The molecule has 0 fully saturated rings. The molecule has 72 valence electrons. The lowest BCUT2D eigenvalue weighted by molar-refractivity contribution is 0.938. The number of anilines is 1. The molecule has 0 unspecified atom stereocenters. The molecule has 2 aromatic rings. The fourth-order valence-corrected chi connectivity index (χ4v) is 1.89. The molecule has 0 amide bonds. The highest BCUT2D eigenvalue weighted by Crippen LogP contribution is 2.13. The molecule has 0 saturated heterocycles. The van der Waals surface area contributed by atoms with Gasteiger partial charge in [0.15, 0.2) is 0 Å². The molecular formula is C10H11N3S. The molecule has 0 radical (unpaired) electrons. The Morgan fingerprint density at radius 1 is 1.29 bits per heavy atom. The summed E-state index contributed by atoms with van der Waals surface area (Å²) in [5.41, 5.74) is 7.72. The van der Waals surface area contributed by atoms with E-state index in [0.717, 1.165) is 29.1 Å². The van der Waals surface area contributed by atoms with Crippen molar-refractivity contribution < 1.29 is 0 Å². The van der Waals surface area contributed by atoms with Crippen molar-refractivity contribution in [2.45, 2.75) is 12.8 Å². The van der Waals surface area contributed by atoms with Gasteiger partial charge in [0.05, 0.1) is 5.01 Å². The second-order valence-corrected chi connectivity index (χ2v) is 3.98. The Morgan fingerprint density at radius 3 is 2.93 bits per heavy atom. The summed E-state index contributed by atoms with van der Waals surface area (Å²) >= 11 is 1.68. The van der Waals surface area contributed by atoms with Gasteiger partial charge in [0.25, 0.3) is 0 Å². The quantitative estimate of drug-likeness (QED) is 0.832. The van der Waals surface area contributed by atoms with E-state index in [1.54, 1.807) is 17.5 Å². The molecular weight excluding hydrogens is 194 g/mol. The van der Waals surface area contributed by atoms with Crippen molar-refractivity contribution in [1.29, 1.82) is 0 Å².